The molecular weight excluding hydrogens is 633 g/mol. The second kappa shape index (κ2) is 15.8. The maximum atomic E-state index is 14.5. The van der Waals surface area contributed by atoms with Crippen molar-refractivity contribution in [2.24, 2.45) is 0 Å². The summed E-state index contributed by atoms with van der Waals surface area (Å²) in [7, 11) is -2.82. The number of halogens is 2. The number of nitrogens with one attached hydrogen (secondary N) is 1. The third-order valence-electron chi connectivity index (χ3n) is 7.12. The van der Waals surface area contributed by atoms with Crippen LogP contribution < -0.4 is 14.4 Å². The van der Waals surface area contributed by atoms with Crippen molar-refractivity contribution in [1.82, 2.24) is 10.2 Å². The predicted octanol–water partition coefficient (Wildman–Crippen LogP) is 6.36. The van der Waals surface area contributed by atoms with Gasteiger partial charge in [-0.3, -0.25) is 13.9 Å². The molecule has 0 aliphatic heterocycles. The second-order valence-electron chi connectivity index (χ2n) is 10.3. The average Bonchev–Trinajstić information content (AvgIpc) is 3.06. The van der Waals surface area contributed by atoms with Crippen LogP contribution in [-0.4, -0.2) is 51.4 Å². The average molecular weight is 669 g/mol. The molecule has 0 radical (unpaired) electrons. The summed E-state index contributed by atoms with van der Waals surface area (Å²) in [6.45, 7) is 1.71. The number of anilines is 1. The number of ether oxygens (including phenoxy) is 1. The van der Waals surface area contributed by atoms with E-state index >= 15 is 0 Å². The molecule has 1 N–H and O–H groups in total. The standard InChI is InChI=1S/C34H35Cl2N3O5S/c1-3-20-37-34(41)31(22-25-12-6-4-7-13-25)38(23-26-18-19-28(35)29(36)21-26)33(40)24-39(30-16-10-11-17-32(30)44-2)45(42,43)27-14-8-5-9-15-27/h4-19,21,31H,3,20,22-24H2,1-2H3,(H,37,41)/t31-/m1/s1. The zero-order valence-corrected chi connectivity index (χ0v) is 27.4. The van der Waals surface area contributed by atoms with Crippen LogP contribution in [0.2, 0.25) is 10.0 Å². The van der Waals surface area contributed by atoms with Gasteiger partial charge in [0, 0.05) is 19.5 Å². The molecule has 0 unspecified atom stereocenters. The van der Waals surface area contributed by atoms with Crippen molar-refractivity contribution in [3.05, 3.63) is 124 Å². The van der Waals surface area contributed by atoms with Gasteiger partial charge < -0.3 is 15.0 Å². The molecule has 1 atom stereocenters. The Kier molecular flexibility index (Phi) is 11.9. The molecule has 0 bridgehead atoms. The number of carbonyl (C=O) groups excluding carboxylic acids is 2. The molecule has 11 heteroatoms. The first-order valence-electron chi connectivity index (χ1n) is 14.4. The number of para-hydroxylation sites is 2. The minimum absolute atomic E-state index is 0.00117. The molecule has 4 aromatic rings. The lowest BCUT2D eigenvalue weighted by Gasteiger charge is -2.34. The summed E-state index contributed by atoms with van der Waals surface area (Å²) in [6, 6.07) is 27.8. The maximum absolute atomic E-state index is 14.5. The summed E-state index contributed by atoms with van der Waals surface area (Å²) in [6.07, 6.45) is 0.894. The van der Waals surface area contributed by atoms with E-state index in [2.05, 4.69) is 5.32 Å². The summed E-state index contributed by atoms with van der Waals surface area (Å²) in [4.78, 5) is 29.6. The highest BCUT2D eigenvalue weighted by atomic mass is 35.5. The van der Waals surface area contributed by atoms with Crippen molar-refractivity contribution in [3.63, 3.8) is 0 Å². The highest BCUT2D eigenvalue weighted by Gasteiger charge is 2.35. The van der Waals surface area contributed by atoms with E-state index in [1.54, 1.807) is 60.7 Å². The Morgan fingerprint density at radius 3 is 2.13 bits per heavy atom. The minimum Gasteiger partial charge on any atom is -0.495 e. The summed E-state index contributed by atoms with van der Waals surface area (Å²) in [5.41, 5.74) is 1.63. The van der Waals surface area contributed by atoms with Crippen molar-refractivity contribution in [3.8, 4) is 5.75 Å². The Labute approximate surface area is 274 Å². The summed E-state index contributed by atoms with van der Waals surface area (Å²) in [5.74, 6) is -0.690. The highest BCUT2D eigenvalue weighted by molar-refractivity contribution is 7.92. The number of nitrogens with zero attached hydrogens (tertiary/aromatic N) is 2. The van der Waals surface area contributed by atoms with Crippen molar-refractivity contribution in [2.45, 2.75) is 37.2 Å². The van der Waals surface area contributed by atoms with Gasteiger partial charge in [-0.1, -0.05) is 96.9 Å². The van der Waals surface area contributed by atoms with Gasteiger partial charge in [-0.05, 0) is 53.9 Å². The number of hydrogen-bond acceptors (Lipinski definition) is 5. The Bertz CT molecular complexity index is 1710. The van der Waals surface area contributed by atoms with Crippen LogP contribution in [0.3, 0.4) is 0 Å². The molecule has 0 aliphatic carbocycles. The Morgan fingerprint density at radius 1 is 0.844 bits per heavy atom. The first-order chi connectivity index (χ1) is 21.6. The van der Waals surface area contributed by atoms with Gasteiger partial charge in [0.25, 0.3) is 10.0 Å². The van der Waals surface area contributed by atoms with E-state index in [0.29, 0.717) is 28.6 Å². The van der Waals surface area contributed by atoms with Gasteiger partial charge in [-0.15, -0.1) is 0 Å². The predicted molar refractivity (Wildman–Crippen MR) is 178 cm³/mol. The number of sulfonamides is 1. The lowest BCUT2D eigenvalue weighted by atomic mass is 10.0. The summed E-state index contributed by atoms with van der Waals surface area (Å²) >= 11 is 12.5. The van der Waals surface area contributed by atoms with Crippen molar-refractivity contribution in [2.75, 3.05) is 24.5 Å². The fourth-order valence-electron chi connectivity index (χ4n) is 4.82. The third-order valence-corrected chi connectivity index (χ3v) is 9.63. The molecule has 236 valence electrons. The molecule has 0 fully saturated rings. The molecule has 0 heterocycles. The van der Waals surface area contributed by atoms with E-state index in [0.717, 1.165) is 9.87 Å². The topological polar surface area (TPSA) is 96.0 Å². The van der Waals surface area contributed by atoms with Gasteiger partial charge in [0.05, 0.1) is 27.7 Å². The molecule has 4 rings (SSSR count). The molecule has 0 saturated heterocycles. The molecule has 8 nitrogen and oxygen atoms in total. The highest BCUT2D eigenvalue weighted by Crippen LogP contribution is 2.33. The fourth-order valence-corrected chi connectivity index (χ4v) is 6.59. The van der Waals surface area contributed by atoms with E-state index in [1.165, 1.54) is 24.1 Å². The summed E-state index contributed by atoms with van der Waals surface area (Å²) < 4.78 is 34.8. The van der Waals surface area contributed by atoms with Crippen molar-refractivity contribution < 1.29 is 22.7 Å². The van der Waals surface area contributed by atoms with Gasteiger partial charge in [0.15, 0.2) is 0 Å². The van der Waals surface area contributed by atoms with E-state index in [9.17, 15) is 18.0 Å². The van der Waals surface area contributed by atoms with Crippen LogP contribution in [-0.2, 0) is 32.6 Å². The molecule has 0 saturated carbocycles. The largest absolute Gasteiger partial charge is 0.495 e. The quantitative estimate of drug-likeness (QED) is 0.169. The number of rotatable bonds is 14. The van der Waals surface area contributed by atoms with Gasteiger partial charge in [0.2, 0.25) is 11.8 Å². The molecule has 0 aromatic heterocycles. The van der Waals surface area contributed by atoms with Crippen LogP contribution in [0, 0.1) is 0 Å². The first-order valence-corrected chi connectivity index (χ1v) is 16.6. The smallest absolute Gasteiger partial charge is 0.264 e. The lowest BCUT2D eigenvalue weighted by molar-refractivity contribution is -0.140. The molecular formula is C34H35Cl2N3O5S. The lowest BCUT2D eigenvalue weighted by Crippen LogP contribution is -2.53. The number of methoxy groups -OCH3 is 1. The molecule has 4 aromatic carbocycles. The number of amides is 2. The van der Waals surface area contributed by atoms with Crippen LogP contribution in [0.15, 0.2) is 108 Å². The number of hydrogen-bond donors (Lipinski definition) is 1. The van der Waals surface area contributed by atoms with E-state index in [4.69, 9.17) is 27.9 Å². The van der Waals surface area contributed by atoms with E-state index < -0.39 is 28.5 Å². The van der Waals surface area contributed by atoms with Gasteiger partial charge in [-0.25, -0.2) is 8.42 Å². The third kappa shape index (κ3) is 8.57. The molecule has 45 heavy (non-hydrogen) atoms. The Morgan fingerprint density at radius 2 is 1.49 bits per heavy atom. The van der Waals surface area contributed by atoms with E-state index in [1.807, 2.05) is 37.3 Å². The monoisotopic (exact) mass is 667 g/mol. The molecule has 0 aliphatic rings. The van der Waals surface area contributed by atoms with Gasteiger partial charge in [-0.2, -0.15) is 0 Å². The van der Waals surface area contributed by atoms with Gasteiger partial charge >= 0.3 is 0 Å². The number of benzene rings is 4. The zero-order chi connectivity index (χ0) is 32.4. The number of carbonyl (C=O) groups is 2. The van der Waals surface area contributed by atoms with Crippen LogP contribution >= 0.6 is 23.2 Å². The normalized spacial score (nSPS) is 11.8. The van der Waals surface area contributed by atoms with Crippen LogP contribution in [0.1, 0.15) is 24.5 Å². The van der Waals surface area contributed by atoms with E-state index in [-0.39, 0.29) is 35.2 Å². The zero-order valence-electron chi connectivity index (χ0n) is 25.0. The summed E-state index contributed by atoms with van der Waals surface area (Å²) in [5, 5.41) is 3.56. The Balaban J connectivity index is 1.83. The first kappa shape index (κ1) is 33.8. The van der Waals surface area contributed by atoms with Crippen LogP contribution in [0.25, 0.3) is 0 Å². The van der Waals surface area contributed by atoms with Crippen molar-refractivity contribution >= 4 is 50.7 Å². The molecule has 0 spiro atoms. The molecule has 2 amide bonds. The second-order valence-corrected chi connectivity index (χ2v) is 12.9. The minimum atomic E-state index is -4.25. The van der Waals surface area contributed by atoms with Crippen LogP contribution in [0.4, 0.5) is 5.69 Å². The maximum Gasteiger partial charge on any atom is 0.264 e. The fraction of sp³-hybridized carbons (Fsp3) is 0.235. The van der Waals surface area contributed by atoms with Crippen LogP contribution in [0.5, 0.6) is 5.75 Å². The van der Waals surface area contributed by atoms with Gasteiger partial charge in [0.1, 0.15) is 18.3 Å². The SMILES string of the molecule is CCCNC(=O)[C@@H](Cc1ccccc1)N(Cc1ccc(Cl)c(Cl)c1)C(=O)CN(c1ccccc1OC)S(=O)(=O)c1ccccc1. The Hall–Kier alpha value is -4.05. The van der Waals surface area contributed by atoms with Crippen molar-refractivity contribution in [1.29, 1.82) is 0 Å².